The molecule has 0 radical (unpaired) electrons. The molecule has 0 aliphatic heterocycles. The lowest BCUT2D eigenvalue weighted by molar-refractivity contribution is 0.358. The molecule has 3 aromatic rings. The highest BCUT2D eigenvalue weighted by atomic mass is 127. The smallest absolute Gasteiger partial charge is 0.228 e. The van der Waals surface area contributed by atoms with Gasteiger partial charge < -0.3 is 19.9 Å². The van der Waals surface area contributed by atoms with Gasteiger partial charge >= 0.3 is 0 Å². The summed E-state index contributed by atoms with van der Waals surface area (Å²) in [6.07, 6.45) is 2.29. The average molecular weight is 554 g/mol. The maximum absolute atomic E-state index is 6.02. The van der Waals surface area contributed by atoms with Gasteiger partial charge in [0.1, 0.15) is 12.4 Å². The van der Waals surface area contributed by atoms with Crippen molar-refractivity contribution in [2.45, 2.75) is 13.0 Å². The van der Waals surface area contributed by atoms with Gasteiger partial charge in [0.05, 0.1) is 0 Å². The van der Waals surface area contributed by atoms with E-state index in [0.717, 1.165) is 16.9 Å². The highest BCUT2D eigenvalue weighted by Crippen LogP contribution is 2.20. The first-order valence-corrected chi connectivity index (χ1v) is 9.92. The lowest BCUT2D eigenvalue weighted by Crippen LogP contribution is -2.38. The Bertz CT molecular complexity index is 1010. The minimum atomic E-state index is 0. The molecule has 0 spiro atoms. The number of rotatable bonds is 9. The summed E-state index contributed by atoms with van der Waals surface area (Å²) in [6.45, 7) is 5.31. The molecule has 0 atom stereocenters. The van der Waals surface area contributed by atoms with Crippen LogP contribution in [-0.4, -0.2) is 36.3 Å². The van der Waals surface area contributed by atoms with Crippen molar-refractivity contribution in [2.24, 2.45) is 4.99 Å². The number of halogens is 2. The molecule has 0 aliphatic rings. The number of aromatic nitrogens is 2. The fourth-order valence-corrected chi connectivity index (χ4v) is 2.92. The van der Waals surface area contributed by atoms with E-state index in [9.17, 15) is 0 Å². The molecular formula is C22H25ClIN5O2. The topological polar surface area (TPSA) is 84.6 Å². The minimum absolute atomic E-state index is 0. The number of hydrogen-bond acceptors (Lipinski definition) is 5. The molecule has 0 unspecified atom stereocenters. The zero-order valence-corrected chi connectivity index (χ0v) is 20.3. The molecular weight excluding hydrogens is 529 g/mol. The summed E-state index contributed by atoms with van der Waals surface area (Å²) in [5.74, 6) is 2.55. The van der Waals surface area contributed by atoms with Crippen LogP contribution in [0.4, 0.5) is 0 Å². The third kappa shape index (κ3) is 7.55. The van der Waals surface area contributed by atoms with Crippen molar-refractivity contribution in [3.05, 3.63) is 77.7 Å². The van der Waals surface area contributed by atoms with Crippen LogP contribution < -0.4 is 15.4 Å². The summed E-state index contributed by atoms with van der Waals surface area (Å²) in [7, 11) is 1.72. The number of guanidine groups is 1. The van der Waals surface area contributed by atoms with Gasteiger partial charge in [-0.1, -0.05) is 59.7 Å². The molecule has 164 valence electrons. The molecule has 1 heterocycles. The first-order valence-electron chi connectivity index (χ1n) is 9.54. The van der Waals surface area contributed by atoms with Gasteiger partial charge in [-0.3, -0.25) is 4.99 Å². The third-order valence-corrected chi connectivity index (χ3v) is 4.42. The van der Waals surface area contributed by atoms with Crippen LogP contribution in [0.25, 0.3) is 11.4 Å². The van der Waals surface area contributed by atoms with Crippen LogP contribution >= 0.6 is 35.6 Å². The standard InChI is InChI=1S/C22H24ClN5O2.HI/c1-3-13-29-19-10-5-4-7-17(19)15-26-22(24-2)25-12-11-20-27-21(28-30-20)16-8-6-9-18(23)14-16;/h3-10,14H,1,11-13,15H2,2H3,(H2,24,25,26);1H. The van der Waals surface area contributed by atoms with E-state index in [2.05, 4.69) is 32.3 Å². The van der Waals surface area contributed by atoms with Crippen molar-refractivity contribution in [3.8, 4) is 17.1 Å². The number of para-hydroxylation sites is 1. The number of nitrogens with zero attached hydrogens (tertiary/aromatic N) is 3. The molecule has 0 bridgehead atoms. The van der Waals surface area contributed by atoms with E-state index in [-0.39, 0.29) is 24.0 Å². The van der Waals surface area contributed by atoms with Gasteiger partial charge in [-0.2, -0.15) is 4.98 Å². The number of nitrogens with one attached hydrogen (secondary N) is 2. The maximum Gasteiger partial charge on any atom is 0.228 e. The molecule has 2 N–H and O–H groups in total. The summed E-state index contributed by atoms with van der Waals surface area (Å²) < 4.78 is 11.0. The lowest BCUT2D eigenvalue weighted by Gasteiger charge is -2.14. The largest absolute Gasteiger partial charge is 0.489 e. The molecule has 0 saturated heterocycles. The van der Waals surface area contributed by atoms with Crippen molar-refractivity contribution < 1.29 is 9.26 Å². The van der Waals surface area contributed by atoms with Crippen LogP contribution in [0.15, 0.2) is 70.7 Å². The summed E-state index contributed by atoms with van der Waals surface area (Å²) in [6, 6.07) is 15.2. The van der Waals surface area contributed by atoms with E-state index in [1.807, 2.05) is 36.4 Å². The van der Waals surface area contributed by atoms with Gasteiger partial charge in [-0.05, 0) is 18.2 Å². The summed E-state index contributed by atoms with van der Waals surface area (Å²) in [5, 5.41) is 11.2. The molecule has 0 saturated carbocycles. The average Bonchev–Trinajstić information content (AvgIpc) is 3.24. The van der Waals surface area contributed by atoms with Crippen LogP contribution in [-0.2, 0) is 13.0 Å². The highest BCUT2D eigenvalue weighted by molar-refractivity contribution is 14.0. The predicted octanol–water partition coefficient (Wildman–Crippen LogP) is 4.48. The van der Waals surface area contributed by atoms with Gasteiger partial charge in [0.15, 0.2) is 5.96 Å². The SMILES string of the molecule is C=CCOc1ccccc1CNC(=NC)NCCc1nc(-c2cccc(Cl)c2)no1.I. The number of ether oxygens (including phenoxy) is 1. The molecule has 0 fully saturated rings. The molecule has 7 nitrogen and oxygen atoms in total. The Morgan fingerprint density at radius 2 is 2.06 bits per heavy atom. The van der Waals surface area contributed by atoms with Crippen LogP contribution in [0.5, 0.6) is 5.75 Å². The van der Waals surface area contributed by atoms with E-state index in [0.29, 0.717) is 48.8 Å². The molecule has 1 aromatic heterocycles. The van der Waals surface area contributed by atoms with Crippen molar-refractivity contribution in [1.29, 1.82) is 0 Å². The molecule has 0 amide bonds. The van der Waals surface area contributed by atoms with Gasteiger partial charge in [0, 0.05) is 42.7 Å². The molecule has 9 heteroatoms. The van der Waals surface area contributed by atoms with E-state index in [4.69, 9.17) is 20.9 Å². The summed E-state index contributed by atoms with van der Waals surface area (Å²) in [4.78, 5) is 8.66. The molecule has 0 aliphatic carbocycles. The van der Waals surface area contributed by atoms with E-state index in [1.54, 1.807) is 25.3 Å². The fourth-order valence-electron chi connectivity index (χ4n) is 2.73. The first-order chi connectivity index (χ1) is 14.7. The van der Waals surface area contributed by atoms with E-state index < -0.39 is 0 Å². The highest BCUT2D eigenvalue weighted by Gasteiger charge is 2.09. The second-order valence-electron chi connectivity index (χ2n) is 6.33. The van der Waals surface area contributed by atoms with Crippen molar-refractivity contribution in [3.63, 3.8) is 0 Å². The van der Waals surface area contributed by atoms with Crippen LogP contribution in [0.3, 0.4) is 0 Å². The van der Waals surface area contributed by atoms with Gasteiger partial charge in [0.2, 0.25) is 11.7 Å². The van der Waals surface area contributed by atoms with Gasteiger partial charge in [-0.25, -0.2) is 0 Å². The van der Waals surface area contributed by atoms with Gasteiger partial charge in [-0.15, -0.1) is 24.0 Å². The Balaban J connectivity index is 0.00000341. The Hall–Kier alpha value is -2.59. The number of benzene rings is 2. The molecule has 3 rings (SSSR count). The number of aliphatic imine (C=N–C) groups is 1. The maximum atomic E-state index is 6.02. The molecule has 31 heavy (non-hydrogen) atoms. The Kier molecular flexibility index (Phi) is 10.3. The fraction of sp³-hybridized carbons (Fsp3) is 0.227. The zero-order chi connectivity index (χ0) is 21.2. The van der Waals surface area contributed by atoms with Crippen molar-refractivity contribution in [1.82, 2.24) is 20.8 Å². The summed E-state index contributed by atoms with van der Waals surface area (Å²) in [5.41, 5.74) is 1.85. The Morgan fingerprint density at radius 3 is 2.84 bits per heavy atom. The monoisotopic (exact) mass is 553 g/mol. The third-order valence-electron chi connectivity index (χ3n) is 4.18. The Labute approximate surface area is 204 Å². The minimum Gasteiger partial charge on any atom is -0.489 e. The lowest BCUT2D eigenvalue weighted by atomic mass is 10.2. The normalized spacial score (nSPS) is 10.8. The quantitative estimate of drug-likeness (QED) is 0.176. The Morgan fingerprint density at radius 1 is 1.23 bits per heavy atom. The predicted molar refractivity (Wildman–Crippen MR) is 134 cm³/mol. The van der Waals surface area contributed by atoms with Crippen molar-refractivity contribution >= 4 is 41.5 Å². The summed E-state index contributed by atoms with van der Waals surface area (Å²) >= 11 is 6.02. The second kappa shape index (κ2) is 13.0. The van der Waals surface area contributed by atoms with Crippen molar-refractivity contribution in [2.75, 3.05) is 20.2 Å². The van der Waals surface area contributed by atoms with Crippen LogP contribution in [0.2, 0.25) is 5.02 Å². The second-order valence-corrected chi connectivity index (χ2v) is 6.77. The zero-order valence-electron chi connectivity index (χ0n) is 17.2. The van der Waals surface area contributed by atoms with Gasteiger partial charge in [0.25, 0.3) is 0 Å². The van der Waals surface area contributed by atoms with Crippen LogP contribution in [0.1, 0.15) is 11.5 Å². The van der Waals surface area contributed by atoms with Crippen LogP contribution in [0, 0.1) is 0 Å². The first kappa shape index (κ1) is 24.7. The number of hydrogen-bond donors (Lipinski definition) is 2. The molecule has 2 aromatic carbocycles. The van der Waals surface area contributed by atoms with E-state index >= 15 is 0 Å². The van der Waals surface area contributed by atoms with E-state index in [1.165, 1.54) is 0 Å².